The van der Waals surface area contributed by atoms with Gasteiger partial charge in [0.2, 0.25) is 0 Å². The van der Waals surface area contributed by atoms with Gasteiger partial charge in [-0.25, -0.2) is 0 Å². The van der Waals surface area contributed by atoms with Crippen molar-refractivity contribution in [3.8, 4) is 6.07 Å². The zero-order chi connectivity index (χ0) is 10.6. The highest BCUT2D eigenvalue weighted by atomic mass is 79.9. The maximum Gasteiger partial charge on any atom is 0.177 e. The van der Waals surface area contributed by atoms with Gasteiger partial charge in [0.1, 0.15) is 0 Å². The standard InChI is InChI=1S/C10H7Br2NO/c11-5-9(12)10(14)8-3-1-2-7(4-8)6-13/h1-4,9H,5H2. The highest BCUT2D eigenvalue weighted by Crippen LogP contribution is 2.13. The molecule has 1 aromatic rings. The van der Waals surface area contributed by atoms with Crippen LogP contribution >= 0.6 is 31.9 Å². The van der Waals surface area contributed by atoms with Gasteiger partial charge in [-0.05, 0) is 12.1 Å². The van der Waals surface area contributed by atoms with Crippen LogP contribution in [0.4, 0.5) is 0 Å². The zero-order valence-electron chi connectivity index (χ0n) is 7.21. The van der Waals surface area contributed by atoms with Crippen molar-refractivity contribution in [3.05, 3.63) is 35.4 Å². The second-order valence-electron chi connectivity index (χ2n) is 2.68. The summed E-state index contributed by atoms with van der Waals surface area (Å²) in [5.74, 6) is -0.0148. The molecule has 0 amide bonds. The molecule has 0 aliphatic heterocycles. The molecule has 0 saturated heterocycles. The summed E-state index contributed by atoms with van der Waals surface area (Å²) < 4.78 is 0. The van der Waals surface area contributed by atoms with Gasteiger partial charge in [0.05, 0.1) is 16.5 Å². The van der Waals surface area contributed by atoms with Crippen LogP contribution in [0, 0.1) is 11.3 Å². The third-order valence-electron chi connectivity index (χ3n) is 1.70. The second kappa shape index (κ2) is 5.28. The Kier molecular flexibility index (Phi) is 4.30. The first-order chi connectivity index (χ1) is 6.69. The quantitative estimate of drug-likeness (QED) is 0.635. The highest BCUT2D eigenvalue weighted by molar-refractivity contribution is 9.12. The topological polar surface area (TPSA) is 40.9 Å². The number of Topliss-reactive ketones (excluding diaryl/α,β-unsaturated/α-hetero) is 1. The van der Waals surface area contributed by atoms with Crippen LogP contribution in [0.3, 0.4) is 0 Å². The fraction of sp³-hybridized carbons (Fsp3) is 0.200. The Balaban J connectivity index is 2.97. The fourth-order valence-electron chi connectivity index (χ4n) is 0.993. The van der Waals surface area contributed by atoms with E-state index in [0.29, 0.717) is 16.5 Å². The van der Waals surface area contributed by atoms with Crippen LogP contribution in [0.25, 0.3) is 0 Å². The Labute approximate surface area is 99.2 Å². The number of rotatable bonds is 3. The SMILES string of the molecule is N#Cc1cccc(C(=O)C(Br)CBr)c1. The number of carbonyl (C=O) groups is 1. The van der Waals surface area contributed by atoms with E-state index in [1.807, 2.05) is 6.07 Å². The first-order valence-electron chi connectivity index (χ1n) is 3.93. The highest BCUT2D eigenvalue weighted by Gasteiger charge is 2.15. The molecule has 0 fully saturated rings. The van der Waals surface area contributed by atoms with E-state index in [2.05, 4.69) is 31.9 Å². The van der Waals surface area contributed by atoms with Crippen molar-refractivity contribution in [3.63, 3.8) is 0 Å². The van der Waals surface area contributed by atoms with E-state index in [4.69, 9.17) is 5.26 Å². The van der Waals surface area contributed by atoms with Crippen molar-refractivity contribution in [1.29, 1.82) is 5.26 Å². The third kappa shape index (κ3) is 2.66. The molecule has 2 nitrogen and oxygen atoms in total. The molecule has 1 unspecified atom stereocenters. The van der Waals surface area contributed by atoms with Crippen molar-refractivity contribution >= 4 is 37.6 Å². The first-order valence-corrected chi connectivity index (χ1v) is 5.97. The largest absolute Gasteiger partial charge is 0.293 e. The van der Waals surface area contributed by atoms with Gasteiger partial charge in [0.25, 0.3) is 0 Å². The van der Waals surface area contributed by atoms with E-state index in [1.165, 1.54) is 0 Å². The lowest BCUT2D eigenvalue weighted by Crippen LogP contribution is -2.15. The maximum absolute atomic E-state index is 11.7. The minimum Gasteiger partial charge on any atom is -0.293 e. The molecule has 1 aromatic carbocycles. The molecule has 0 N–H and O–H groups in total. The molecular weight excluding hydrogens is 310 g/mol. The van der Waals surface area contributed by atoms with Gasteiger partial charge in [-0.3, -0.25) is 4.79 Å². The predicted octanol–water partition coefficient (Wildman–Crippen LogP) is 2.90. The monoisotopic (exact) mass is 315 g/mol. The van der Waals surface area contributed by atoms with Crippen LogP contribution in [-0.4, -0.2) is 15.9 Å². The Hall–Kier alpha value is -0.660. The molecule has 1 atom stereocenters. The van der Waals surface area contributed by atoms with Crippen molar-refractivity contribution in [1.82, 2.24) is 0 Å². The van der Waals surface area contributed by atoms with Crippen molar-refractivity contribution in [2.45, 2.75) is 4.83 Å². The summed E-state index contributed by atoms with van der Waals surface area (Å²) in [6, 6.07) is 8.69. The molecule has 0 aliphatic carbocycles. The average molecular weight is 317 g/mol. The molecule has 0 aromatic heterocycles. The molecule has 4 heteroatoms. The van der Waals surface area contributed by atoms with Gasteiger partial charge in [0, 0.05) is 10.9 Å². The van der Waals surface area contributed by atoms with Gasteiger partial charge < -0.3 is 0 Å². The lowest BCUT2D eigenvalue weighted by atomic mass is 10.1. The van der Waals surface area contributed by atoms with Crippen LogP contribution in [0.1, 0.15) is 15.9 Å². The number of hydrogen-bond donors (Lipinski definition) is 0. The lowest BCUT2D eigenvalue weighted by molar-refractivity contribution is 0.0997. The molecule has 0 saturated carbocycles. The summed E-state index contributed by atoms with van der Waals surface area (Å²) in [6.45, 7) is 0. The zero-order valence-corrected chi connectivity index (χ0v) is 10.4. The summed E-state index contributed by atoms with van der Waals surface area (Å²) >= 11 is 6.46. The van der Waals surface area contributed by atoms with Crippen molar-refractivity contribution in [2.75, 3.05) is 5.33 Å². The van der Waals surface area contributed by atoms with Crippen LogP contribution in [0.15, 0.2) is 24.3 Å². The van der Waals surface area contributed by atoms with Gasteiger partial charge in [-0.1, -0.05) is 44.0 Å². The van der Waals surface area contributed by atoms with Crippen molar-refractivity contribution < 1.29 is 4.79 Å². The van der Waals surface area contributed by atoms with E-state index in [9.17, 15) is 4.79 Å². The summed E-state index contributed by atoms with van der Waals surface area (Å²) in [7, 11) is 0. The third-order valence-corrected chi connectivity index (χ3v) is 3.95. The van der Waals surface area contributed by atoms with E-state index < -0.39 is 0 Å². The maximum atomic E-state index is 11.7. The molecular formula is C10H7Br2NO. The van der Waals surface area contributed by atoms with Crippen LogP contribution < -0.4 is 0 Å². The molecule has 14 heavy (non-hydrogen) atoms. The smallest absolute Gasteiger partial charge is 0.177 e. The fourth-order valence-corrected chi connectivity index (χ4v) is 1.55. The van der Waals surface area contributed by atoms with Crippen LogP contribution in [0.5, 0.6) is 0 Å². The Morgan fingerprint density at radius 1 is 1.57 bits per heavy atom. The van der Waals surface area contributed by atoms with Gasteiger partial charge in [-0.15, -0.1) is 0 Å². The normalized spacial score (nSPS) is 11.8. The molecule has 0 heterocycles. The summed E-state index contributed by atoms with van der Waals surface area (Å²) in [6.07, 6.45) is 0. The van der Waals surface area contributed by atoms with Crippen molar-refractivity contribution in [2.24, 2.45) is 0 Å². The Morgan fingerprint density at radius 2 is 2.29 bits per heavy atom. The average Bonchev–Trinajstić information content (AvgIpc) is 2.27. The molecule has 0 aliphatic rings. The van der Waals surface area contributed by atoms with Gasteiger partial charge in [-0.2, -0.15) is 5.26 Å². The minimum atomic E-state index is -0.239. The summed E-state index contributed by atoms with van der Waals surface area (Å²) in [5, 5.41) is 9.22. The molecule has 0 radical (unpaired) electrons. The minimum absolute atomic E-state index is 0.0148. The van der Waals surface area contributed by atoms with E-state index in [1.54, 1.807) is 24.3 Å². The number of ketones is 1. The molecule has 0 bridgehead atoms. The van der Waals surface area contributed by atoms with E-state index in [0.717, 1.165) is 0 Å². The number of benzene rings is 1. The number of halogens is 2. The van der Waals surface area contributed by atoms with Gasteiger partial charge in [0.15, 0.2) is 5.78 Å². The number of nitrogens with zero attached hydrogens (tertiary/aromatic N) is 1. The number of carbonyl (C=O) groups excluding carboxylic acids is 1. The molecule has 72 valence electrons. The first kappa shape index (κ1) is 11.4. The van der Waals surface area contributed by atoms with E-state index in [-0.39, 0.29) is 10.6 Å². The predicted molar refractivity (Wildman–Crippen MR) is 62.0 cm³/mol. The number of hydrogen-bond acceptors (Lipinski definition) is 2. The van der Waals surface area contributed by atoms with E-state index >= 15 is 0 Å². The van der Waals surface area contributed by atoms with Crippen LogP contribution in [-0.2, 0) is 0 Å². The van der Waals surface area contributed by atoms with Gasteiger partial charge >= 0.3 is 0 Å². The number of nitriles is 1. The molecule has 0 spiro atoms. The molecule has 1 rings (SSSR count). The lowest BCUT2D eigenvalue weighted by Gasteiger charge is -2.04. The van der Waals surface area contributed by atoms with Crippen LogP contribution in [0.2, 0.25) is 0 Å². The number of alkyl halides is 2. The Morgan fingerprint density at radius 3 is 2.86 bits per heavy atom. The summed E-state index contributed by atoms with van der Waals surface area (Å²) in [4.78, 5) is 11.4. The summed E-state index contributed by atoms with van der Waals surface area (Å²) in [5.41, 5.74) is 1.07. The second-order valence-corrected chi connectivity index (χ2v) is 4.43. The Bertz CT molecular complexity index is 384.